The van der Waals surface area contributed by atoms with Gasteiger partial charge >= 0.3 is 6.03 Å². The van der Waals surface area contributed by atoms with Crippen molar-refractivity contribution in [3.63, 3.8) is 0 Å². The standard InChI is InChI=1S/C18H22N2O2S/c21-10-2-11-23-12-9-19-18(22)20-16-8-7-14-6-5-13-3-1-4-15(16)17(13)14/h1,3-4,7-8,21H,2,5-6,9-12H2,(H2,19,20,22). The predicted octanol–water partition coefficient (Wildman–Crippen LogP) is 3.18. The highest BCUT2D eigenvalue weighted by Gasteiger charge is 2.16. The molecule has 2 aromatic carbocycles. The molecule has 0 aromatic heterocycles. The lowest BCUT2D eigenvalue weighted by molar-refractivity contribution is 0.252. The van der Waals surface area contributed by atoms with Crippen LogP contribution in [0.3, 0.4) is 0 Å². The van der Waals surface area contributed by atoms with Crippen LogP contribution in [0.2, 0.25) is 0 Å². The Bertz CT molecular complexity index is 692. The Morgan fingerprint density at radius 3 is 2.78 bits per heavy atom. The Labute approximate surface area is 140 Å². The topological polar surface area (TPSA) is 61.4 Å². The summed E-state index contributed by atoms with van der Waals surface area (Å²) in [5.74, 6) is 1.78. The van der Waals surface area contributed by atoms with E-state index < -0.39 is 0 Å². The van der Waals surface area contributed by atoms with Gasteiger partial charge < -0.3 is 15.7 Å². The van der Waals surface area contributed by atoms with Crippen LogP contribution >= 0.6 is 11.8 Å². The quantitative estimate of drug-likeness (QED) is 0.683. The maximum atomic E-state index is 12.1. The number of hydrogen-bond donors (Lipinski definition) is 3. The van der Waals surface area contributed by atoms with Crippen molar-refractivity contribution in [2.75, 3.05) is 30.0 Å². The number of carbonyl (C=O) groups is 1. The molecule has 23 heavy (non-hydrogen) atoms. The normalized spacial score (nSPS) is 12.6. The van der Waals surface area contributed by atoms with Gasteiger partial charge in [0.05, 0.1) is 5.69 Å². The van der Waals surface area contributed by atoms with Crippen LogP contribution in [0.1, 0.15) is 17.5 Å². The highest BCUT2D eigenvalue weighted by atomic mass is 32.2. The Balaban J connectivity index is 1.58. The third-order valence-corrected chi connectivity index (χ3v) is 5.17. The molecule has 0 heterocycles. The molecule has 3 rings (SSSR count). The third-order valence-electron chi connectivity index (χ3n) is 4.10. The number of hydrogen-bond acceptors (Lipinski definition) is 3. The molecule has 4 nitrogen and oxygen atoms in total. The van der Waals surface area contributed by atoms with Crippen LogP contribution in [0.25, 0.3) is 10.8 Å². The summed E-state index contributed by atoms with van der Waals surface area (Å²) < 4.78 is 0. The van der Waals surface area contributed by atoms with Crippen molar-refractivity contribution in [1.82, 2.24) is 5.32 Å². The molecule has 0 atom stereocenters. The molecular formula is C18H22N2O2S. The first kappa shape index (κ1) is 16.1. The molecule has 1 aliphatic rings. The van der Waals surface area contributed by atoms with Crippen molar-refractivity contribution in [1.29, 1.82) is 0 Å². The number of benzene rings is 2. The van der Waals surface area contributed by atoms with E-state index >= 15 is 0 Å². The van der Waals surface area contributed by atoms with Gasteiger partial charge in [0.1, 0.15) is 0 Å². The van der Waals surface area contributed by atoms with Gasteiger partial charge in [-0.25, -0.2) is 4.79 Å². The molecule has 0 bridgehead atoms. The number of thioether (sulfide) groups is 1. The molecular weight excluding hydrogens is 308 g/mol. The minimum Gasteiger partial charge on any atom is -0.396 e. The number of aliphatic hydroxyl groups is 1. The van der Waals surface area contributed by atoms with Crippen molar-refractivity contribution in [2.24, 2.45) is 0 Å². The first-order chi connectivity index (χ1) is 11.3. The number of aryl methyl sites for hydroxylation is 2. The second-order valence-electron chi connectivity index (χ2n) is 5.68. The van der Waals surface area contributed by atoms with Gasteiger partial charge in [-0.05, 0) is 47.6 Å². The minimum absolute atomic E-state index is 0.161. The van der Waals surface area contributed by atoms with Crippen molar-refractivity contribution in [3.8, 4) is 0 Å². The fourth-order valence-corrected chi connectivity index (χ4v) is 3.81. The van der Waals surface area contributed by atoms with Gasteiger partial charge in [0.25, 0.3) is 0 Å². The van der Waals surface area contributed by atoms with Crippen LogP contribution < -0.4 is 10.6 Å². The molecule has 0 saturated carbocycles. The third kappa shape index (κ3) is 3.79. The van der Waals surface area contributed by atoms with E-state index in [1.807, 2.05) is 6.07 Å². The maximum Gasteiger partial charge on any atom is 0.319 e. The average Bonchev–Trinajstić information content (AvgIpc) is 2.98. The molecule has 0 spiro atoms. The number of urea groups is 1. The minimum atomic E-state index is -0.161. The van der Waals surface area contributed by atoms with Crippen molar-refractivity contribution >= 4 is 34.3 Å². The van der Waals surface area contributed by atoms with Crippen LogP contribution in [-0.2, 0) is 12.8 Å². The first-order valence-corrected chi connectivity index (χ1v) is 9.22. The molecule has 3 N–H and O–H groups in total. The van der Waals surface area contributed by atoms with Gasteiger partial charge in [-0.2, -0.15) is 11.8 Å². The van der Waals surface area contributed by atoms with E-state index in [4.69, 9.17) is 5.11 Å². The van der Waals surface area contributed by atoms with Crippen molar-refractivity contribution in [2.45, 2.75) is 19.3 Å². The van der Waals surface area contributed by atoms with E-state index in [2.05, 4.69) is 34.9 Å². The lowest BCUT2D eigenvalue weighted by atomic mass is 10.0. The zero-order chi connectivity index (χ0) is 16.1. The summed E-state index contributed by atoms with van der Waals surface area (Å²) >= 11 is 1.74. The molecule has 0 radical (unpaired) electrons. The molecule has 0 saturated heterocycles. The van der Waals surface area contributed by atoms with E-state index in [0.717, 1.165) is 41.8 Å². The summed E-state index contributed by atoms with van der Waals surface area (Å²) in [6, 6.07) is 10.3. The molecule has 122 valence electrons. The summed E-state index contributed by atoms with van der Waals surface area (Å²) in [7, 11) is 0. The van der Waals surface area contributed by atoms with Gasteiger partial charge in [-0.1, -0.05) is 24.3 Å². The van der Waals surface area contributed by atoms with Gasteiger partial charge in [-0.3, -0.25) is 0 Å². The molecule has 0 fully saturated rings. The summed E-state index contributed by atoms with van der Waals surface area (Å²) in [4.78, 5) is 12.1. The van der Waals surface area contributed by atoms with Crippen LogP contribution in [0.15, 0.2) is 30.3 Å². The monoisotopic (exact) mass is 330 g/mol. The average molecular weight is 330 g/mol. The van der Waals surface area contributed by atoms with E-state index in [9.17, 15) is 4.79 Å². The summed E-state index contributed by atoms with van der Waals surface area (Å²) in [6.07, 6.45) is 2.98. The predicted molar refractivity (Wildman–Crippen MR) is 97.4 cm³/mol. The second-order valence-corrected chi connectivity index (χ2v) is 6.91. The molecule has 2 aromatic rings. The Kier molecular flexibility index (Phi) is 5.41. The zero-order valence-corrected chi connectivity index (χ0v) is 13.9. The van der Waals surface area contributed by atoms with Crippen LogP contribution in [-0.4, -0.2) is 35.8 Å². The van der Waals surface area contributed by atoms with Crippen LogP contribution in [0.4, 0.5) is 10.5 Å². The van der Waals surface area contributed by atoms with Gasteiger partial charge in [0, 0.05) is 24.3 Å². The molecule has 0 aliphatic heterocycles. The van der Waals surface area contributed by atoms with E-state index in [1.165, 1.54) is 16.5 Å². The van der Waals surface area contributed by atoms with Gasteiger partial charge in [0.2, 0.25) is 0 Å². The fourth-order valence-electron chi connectivity index (χ4n) is 3.03. The molecule has 5 heteroatoms. The number of carbonyl (C=O) groups excluding carboxylic acids is 1. The van der Waals surface area contributed by atoms with Gasteiger partial charge in [-0.15, -0.1) is 0 Å². The van der Waals surface area contributed by atoms with Gasteiger partial charge in [0.15, 0.2) is 0 Å². The summed E-state index contributed by atoms with van der Waals surface area (Å²) in [6.45, 7) is 0.856. The fraction of sp³-hybridized carbons (Fsp3) is 0.389. The first-order valence-electron chi connectivity index (χ1n) is 8.06. The largest absolute Gasteiger partial charge is 0.396 e. The number of aliphatic hydroxyl groups excluding tert-OH is 1. The molecule has 1 aliphatic carbocycles. The Morgan fingerprint density at radius 2 is 1.96 bits per heavy atom. The van der Waals surface area contributed by atoms with Crippen molar-refractivity contribution < 1.29 is 9.90 Å². The van der Waals surface area contributed by atoms with E-state index in [1.54, 1.807) is 11.8 Å². The number of anilines is 1. The molecule has 0 unspecified atom stereocenters. The lowest BCUT2D eigenvalue weighted by Crippen LogP contribution is -2.30. The molecule has 2 amide bonds. The van der Waals surface area contributed by atoms with Crippen LogP contribution in [0, 0.1) is 0 Å². The summed E-state index contributed by atoms with van der Waals surface area (Å²) in [5.41, 5.74) is 3.63. The van der Waals surface area contributed by atoms with E-state index in [0.29, 0.717) is 6.54 Å². The smallest absolute Gasteiger partial charge is 0.319 e. The highest BCUT2D eigenvalue weighted by Crippen LogP contribution is 2.34. The zero-order valence-electron chi connectivity index (χ0n) is 13.1. The highest BCUT2D eigenvalue weighted by molar-refractivity contribution is 7.99. The number of amides is 2. The second kappa shape index (κ2) is 7.70. The van der Waals surface area contributed by atoms with Crippen molar-refractivity contribution in [3.05, 3.63) is 41.5 Å². The SMILES string of the molecule is O=C(NCCSCCCO)Nc1ccc2c3c(cccc13)CC2. The Hall–Kier alpha value is -1.72. The van der Waals surface area contributed by atoms with Crippen LogP contribution in [0.5, 0.6) is 0 Å². The summed E-state index contributed by atoms with van der Waals surface area (Å²) in [5, 5.41) is 17.0. The number of rotatable bonds is 7. The van der Waals surface area contributed by atoms with E-state index in [-0.39, 0.29) is 12.6 Å². The maximum absolute atomic E-state index is 12.1. The number of nitrogens with one attached hydrogen (secondary N) is 2. The Morgan fingerprint density at radius 1 is 1.13 bits per heavy atom. The lowest BCUT2D eigenvalue weighted by Gasteiger charge is -2.11.